The van der Waals surface area contributed by atoms with Gasteiger partial charge in [-0.25, -0.2) is 9.20 Å². The minimum Gasteiger partial charge on any atom is -0.478 e. The first-order valence-corrected chi connectivity index (χ1v) is 5.57. The zero-order valence-electron chi connectivity index (χ0n) is 9.70. The van der Waals surface area contributed by atoms with Crippen molar-refractivity contribution in [1.82, 2.24) is 14.6 Å². The van der Waals surface area contributed by atoms with Crippen LogP contribution in [0.25, 0.3) is 17.0 Å². The van der Waals surface area contributed by atoms with E-state index in [-0.39, 0.29) is 11.1 Å². The Morgan fingerprint density at radius 3 is 2.58 bits per heavy atom. The molecule has 1 aromatic carbocycles. The topological polar surface area (TPSA) is 87.5 Å². The minimum atomic E-state index is -0.990. The van der Waals surface area contributed by atoms with Crippen molar-refractivity contribution < 1.29 is 9.90 Å². The lowest BCUT2D eigenvalue weighted by Gasteiger charge is -2.00. The van der Waals surface area contributed by atoms with Crippen molar-refractivity contribution in [3.05, 3.63) is 58.4 Å². The van der Waals surface area contributed by atoms with Crippen molar-refractivity contribution in [3.63, 3.8) is 0 Å². The molecule has 0 amide bonds. The Labute approximate surface area is 106 Å². The molecule has 0 saturated heterocycles. The van der Waals surface area contributed by atoms with Gasteiger partial charge in [0.15, 0.2) is 5.82 Å². The molecule has 0 radical (unpaired) electrons. The van der Waals surface area contributed by atoms with Gasteiger partial charge >= 0.3 is 5.97 Å². The highest BCUT2D eigenvalue weighted by molar-refractivity contribution is 5.88. The summed E-state index contributed by atoms with van der Waals surface area (Å²) in [6.07, 6.45) is 0. The van der Waals surface area contributed by atoms with Crippen LogP contribution in [0.1, 0.15) is 10.4 Å². The summed E-state index contributed by atoms with van der Waals surface area (Å²) < 4.78 is 1.44. The number of fused-ring (bicyclic) bond motifs is 1. The highest BCUT2D eigenvalue weighted by atomic mass is 16.4. The van der Waals surface area contributed by atoms with E-state index in [4.69, 9.17) is 5.11 Å². The molecular weight excluding hydrogens is 246 g/mol. The van der Waals surface area contributed by atoms with Gasteiger partial charge in [0, 0.05) is 11.6 Å². The Balaban J connectivity index is 2.19. The summed E-state index contributed by atoms with van der Waals surface area (Å²) >= 11 is 0. The van der Waals surface area contributed by atoms with Crippen molar-refractivity contribution >= 4 is 11.6 Å². The predicted octanol–water partition coefficient (Wildman–Crippen LogP) is 1.39. The monoisotopic (exact) mass is 255 g/mol. The molecule has 6 nitrogen and oxygen atoms in total. The number of aromatic carboxylic acids is 1. The molecular formula is C13H9N3O3. The molecule has 0 saturated carbocycles. The van der Waals surface area contributed by atoms with Gasteiger partial charge in [0.2, 0.25) is 0 Å². The Kier molecular flexibility index (Phi) is 2.42. The van der Waals surface area contributed by atoms with Crippen LogP contribution in [0.3, 0.4) is 0 Å². The molecule has 0 aliphatic rings. The average Bonchev–Trinajstić information content (AvgIpc) is 2.84. The zero-order chi connectivity index (χ0) is 13.4. The van der Waals surface area contributed by atoms with E-state index >= 15 is 0 Å². The predicted molar refractivity (Wildman–Crippen MR) is 68.2 cm³/mol. The number of H-pyrrole nitrogens is 1. The molecule has 0 bridgehead atoms. The van der Waals surface area contributed by atoms with Crippen LogP contribution in [0.4, 0.5) is 0 Å². The van der Waals surface area contributed by atoms with Crippen molar-refractivity contribution in [1.29, 1.82) is 0 Å². The molecule has 0 aliphatic carbocycles. The lowest BCUT2D eigenvalue weighted by atomic mass is 10.1. The van der Waals surface area contributed by atoms with Crippen LogP contribution in [0.15, 0.2) is 47.3 Å². The highest BCUT2D eigenvalue weighted by Crippen LogP contribution is 2.17. The van der Waals surface area contributed by atoms with Crippen LogP contribution < -0.4 is 5.56 Å². The number of nitrogens with one attached hydrogen (secondary N) is 1. The van der Waals surface area contributed by atoms with Crippen LogP contribution in [0.5, 0.6) is 0 Å². The Morgan fingerprint density at radius 1 is 1.16 bits per heavy atom. The largest absolute Gasteiger partial charge is 0.478 e. The fourth-order valence-electron chi connectivity index (χ4n) is 1.91. The van der Waals surface area contributed by atoms with E-state index in [1.165, 1.54) is 22.6 Å². The third-order valence-electron chi connectivity index (χ3n) is 2.83. The first-order chi connectivity index (χ1) is 9.16. The number of rotatable bonds is 2. The molecule has 0 unspecified atom stereocenters. The van der Waals surface area contributed by atoms with Crippen molar-refractivity contribution in [2.24, 2.45) is 0 Å². The number of carboxylic acids is 1. The third-order valence-corrected chi connectivity index (χ3v) is 2.83. The van der Waals surface area contributed by atoms with Crippen molar-refractivity contribution in [2.45, 2.75) is 0 Å². The van der Waals surface area contributed by atoms with Gasteiger partial charge < -0.3 is 5.11 Å². The second-order valence-corrected chi connectivity index (χ2v) is 4.01. The van der Waals surface area contributed by atoms with E-state index in [2.05, 4.69) is 10.2 Å². The van der Waals surface area contributed by atoms with Gasteiger partial charge in [-0.05, 0) is 18.2 Å². The number of nitrogens with zero attached hydrogens (tertiary/aromatic N) is 2. The van der Waals surface area contributed by atoms with Crippen LogP contribution in [0.2, 0.25) is 0 Å². The van der Waals surface area contributed by atoms with Gasteiger partial charge in [0.1, 0.15) is 5.65 Å². The molecule has 2 heterocycles. The van der Waals surface area contributed by atoms with Gasteiger partial charge in [0.05, 0.1) is 5.56 Å². The molecule has 2 aromatic heterocycles. The Morgan fingerprint density at radius 2 is 1.89 bits per heavy atom. The number of carboxylic acid groups (broad SMARTS) is 1. The molecule has 2 N–H and O–H groups in total. The molecule has 3 aromatic rings. The summed E-state index contributed by atoms with van der Waals surface area (Å²) in [4.78, 5) is 22.6. The number of hydrogen-bond donors (Lipinski definition) is 2. The summed E-state index contributed by atoms with van der Waals surface area (Å²) in [7, 11) is 0. The van der Waals surface area contributed by atoms with Gasteiger partial charge in [-0.15, -0.1) is 0 Å². The third kappa shape index (κ3) is 1.79. The van der Waals surface area contributed by atoms with E-state index in [0.29, 0.717) is 17.0 Å². The maximum absolute atomic E-state index is 11.8. The van der Waals surface area contributed by atoms with Crippen molar-refractivity contribution in [3.8, 4) is 11.4 Å². The normalized spacial score (nSPS) is 10.7. The first kappa shape index (κ1) is 11.2. The number of benzene rings is 1. The van der Waals surface area contributed by atoms with Gasteiger partial charge in [-0.3, -0.25) is 9.89 Å². The Bertz CT molecular complexity index is 815. The van der Waals surface area contributed by atoms with Crippen LogP contribution in [-0.2, 0) is 0 Å². The quantitative estimate of drug-likeness (QED) is 0.724. The molecule has 0 aliphatic heterocycles. The smallest absolute Gasteiger partial charge is 0.335 e. The number of aromatic nitrogens is 3. The van der Waals surface area contributed by atoms with Crippen LogP contribution >= 0.6 is 0 Å². The second kappa shape index (κ2) is 4.09. The van der Waals surface area contributed by atoms with Crippen LogP contribution in [-0.4, -0.2) is 25.7 Å². The number of carbonyl (C=O) groups is 1. The maximum atomic E-state index is 11.8. The van der Waals surface area contributed by atoms with Gasteiger partial charge in [-0.1, -0.05) is 18.2 Å². The molecule has 0 fully saturated rings. The summed E-state index contributed by atoms with van der Waals surface area (Å²) in [5.41, 5.74) is 1.26. The molecule has 0 atom stereocenters. The standard InChI is InChI=1S/C13H9N3O3/c17-11-3-1-2-10-14-15-12(16(10)11)8-4-6-9(7-5-8)13(18)19/h1-7,14H,(H,18,19). The summed E-state index contributed by atoms with van der Waals surface area (Å²) in [6, 6.07) is 11.0. The molecule has 0 spiro atoms. The fourth-order valence-corrected chi connectivity index (χ4v) is 1.91. The number of pyridine rings is 1. The summed E-state index contributed by atoms with van der Waals surface area (Å²) in [5, 5.41) is 15.7. The van der Waals surface area contributed by atoms with Gasteiger partial charge in [0.25, 0.3) is 5.56 Å². The van der Waals surface area contributed by atoms with E-state index in [0.717, 1.165) is 0 Å². The van der Waals surface area contributed by atoms with Crippen LogP contribution in [0, 0.1) is 0 Å². The lowest BCUT2D eigenvalue weighted by Crippen LogP contribution is -2.11. The molecule has 6 heteroatoms. The molecule has 94 valence electrons. The van der Waals surface area contributed by atoms with E-state index in [1.54, 1.807) is 24.3 Å². The first-order valence-electron chi connectivity index (χ1n) is 5.57. The van der Waals surface area contributed by atoms with E-state index in [9.17, 15) is 9.59 Å². The lowest BCUT2D eigenvalue weighted by molar-refractivity contribution is 0.0697. The van der Waals surface area contributed by atoms with E-state index in [1.807, 2.05) is 0 Å². The molecule has 3 rings (SSSR count). The fraction of sp³-hybridized carbons (Fsp3) is 0. The number of hydrogen-bond acceptors (Lipinski definition) is 3. The summed E-state index contributed by atoms with van der Waals surface area (Å²) in [6.45, 7) is 0. The van der Waals surface area contributed by atoms with E-state index < -0.39 is 5.97 Å². The SMILES string of the molecule is O=C(O)c1ccc(-c2n[nH]c3cccc(=O)n23)cc1. The summed E-state index contributed by atoms with van der Waals surface area (Å²) in [5.74, 6) is -0.534. The van der Waals surface area contributed by atoms with Gasteiger partial charge in [-0.2, -0.15) is 5.10 Å². The van der Waals surface area contributed by atoms with Crippen molar-refractivity contribution in [2.75, 3.05) is 0 Å². The highest BCUT2D eigenvalue weighted by Gasteiger charge is 2.10. The second-order valence-electron chi connectivity index (χ2n) is 4.01. The Hall–Kier alpha value is -2.89. The average molecular weight is 255 g/mol. The zero-order valence-corrected chi connectivity index (χ0v) is 9.70. The maximum Gasteiger partial charge on any atom is 0.335 e. The number of aromatic amines is 1. The molecule has 19 heavy (non-hydrogen) atoms. The minimum absolute atomic E-state index is 0.191.